The Morgan fingerprint density at radius 2 is 0.579 bits per heavy atom. The van der Waals surface area contributed by atoms with Crippen molar-refractivity contribution in [3.8, 4) is 34.5 Å². The molecule has 0 spiro atoms. The molecule has 0 saturated heterocycles. The summed E-state index contributed by atoms with van der Waals surface area (Å²) in [6.07, 6.45) is 1.22. The summed E-state index contributed by atoms with van der Waals surface area (Å²) in [6, 6.07) is 32.4. The summed E-state index contributed by atoms with van der Waals surface area (Å²) in [6.45, 7) is 0. The highest BCUT2D eigenvalue weighted by Gasteiger charge is 2.25. The van der Waals surface area contributed by atoms with Gasteiger partial charge in [-0.1, -0.05) is 0 Å². The Morgan fingerprint density at radius 3 is 0.789 bits per heavy atom. The average Bonchev–Trinajstić information content (AvgIpc) is 3.26. The highest BCUT2D eigenvalue weighted by molar-refractivity contribution is 14.1. The zero-order valence-corrected chi connectivity index (χ0v) is 37.3. The van der Waals surface area contributed by atoms with Crippen LogP contribution in [0.1, 0.15) is 64.5 Å². The predicted octanol–water partition coefficient (Wildman–Crippen LogP) is 10.3. The first kappa shape index (κ1) is 40.5. The minimum absolute atomic E-state index is 0.262. The quantitative estimate of drug-likeness (QED) is 0.0794. The molecule has 6 aromatic rings. The number of hydrogen-bond acceptors (Lipinski definition) is 9. The van der Waals surface area contributed by atoms with Crippen molar-refractivity contribution >= 4 is 85.7 Å². The molecule has 12 heteroatoms. The van der Waals surface area contributed by atoms with Crippen molar-refractivity contribution in [1.82, 2.24) is 0 Å². The zero-order valence-electron chi connectivity index (χ0n) is 30.8. The first-order chi connectivity index (χ1) is 27.5. The van der Waals surface area contributed by atoms with Gasteiger partial charge in [0.2, 0.25) is 0 Å². The SMILES string of the molecule is COc1cc2c(cc1OC(=O)c1ccc(I)cc1)Cc1cc(OC)c(OC(=O)c3ccc(I)cc3)cc1Cc1cc(OC)c(OC(=O)c3ccc(I)cc3)cc1C2. The molecule has 0 aromatic heterocycles. The van der Waals surface area contributed by atoms with E-state index >= 15 is 0 Å². The summed E-state index contributed by atoms with van der Waals surface area (Å²) in [5, 5.41) is 0. The summed E-state index contributed by atoms with van der Waals surface area (Å²) in [5.74, 6) is 0.353. The summed E-state index contributed by atoms with van der Waals surface area (Å²) in [4.78, 5) is 40.0. The van der Waals surface area contributed by atoms with Crippen LogP contribution in [0, 0.1) is 10.7 Å². The minimum Gasteiger partial charge on any atom is -0.493 e. The molecule has 0 amide bonds. The van der Waals surface area contributed by atoms with Gasteiger partial charge in [-0.05, 0) is 230 Å². The Labute approximate surface area is 370 Å². The number of fused-ring (bicyclic) bond motifs is 3. The van der Waals surface area contributed by atoms with Crippen LogP contribution >= 0.6 is 67.8 Å². The Kier molecular flexibility index (Phi) is 12.7. The Balaban J connectivity index is 1.34. The molecule has 6 aromatic carbocycles. The fourth-order valence-electron chi connectivity index (χ4n) is 6.49. The monoisotopic (exact) mass is 1100 g/mol. The fourth-order valence-corrected chi connectivity index (χ4v) is 7.57. The zero-order chi connectivity index (χ0) is 40.2. The lowest BCUT2D eigenvalue weighted by Gasteiger charge is -2.17. The van der Waals surface area contributed by atoms with E-state index in [2.05, 4.69) is 67.8 Å². The number of esters is 3. The Hall–Kier alpha value is -4.68. The predicted molar refractivity (Wildman–Crippen MR) is 240 cm³/mol. The maximum atomic E-state index is 13.3. The second-order valence-electron chi connectivity index (χ2n) is 13.0. The van der Waals surface area contributed by atoms with Gasteiger partial charge < -0.3 is 28.4 Å². The molecular formula is C45H33I3O9. The number of hydrogen-bond donors (Lipinski definition) is 0. The van der Waals surface area contributed by atoms with Crippen LogP contribution in [0.2, 0.25) is 0 Å². The van der Waals surface area contributed by atoms with E-state index in [0.717, 1.165) is 44.1 Å². The van der Waals surface area contributed by atoms with Crippen molar-refractivity contribution < 1.29 is 42.8 Å². The first-order valence-corrected chi connectivity index (χ1v) is 20.8. The average molecular weight is 1100 g/mol. The molecule has 0 radical (unpaired) electrons. The van der Waals surface area contributed by atoms with Crippen LogP contribution in [0.15, 0.2) is 109 Å². The van der Waals surface area contributed by atoms with Gasteiger partial charge in [-0.3, -0.25) is 0 Å². The van der Waals surface area contributed by atoms with Crippen molar-refractivity contribution in [2.75, 3.05) is 21.3 Å². The second-order valence-corrected chi connectivity index (χ2v) is 16.8. The normalized spacial score (nSPS) is 11.7. The Morgan fingerprint density at radius 1 is 0.368 bits per heavy atom. The maximum absolute atomic E-state index is 13.3. The van der Waals surface area contributed by atoms with Crippen LogP contribution in [0.4, 0.5) is 0 Å². The summed E-state index contributed by atoms with van der Waals surface area (Å²) < 4.78 is 38.3. The third kappa shape index (κ3) is 9.39. The van der Waals surface area contributed by atoms with Crippen LogP contribution in [0.3, 0.4) is 0 Å². The van der Waals surface area contributed by atoms with Crippen molar-refractivity contribution in [1.29, 1.82) is 0 Å². The molecule has 1 aliphatic rings. The number of methoxy groups -OCH3 is 3. The van der Waals surface area contributed by atoms with Crippen LogP contribution in [0.25, 0.3) is 0 Å². The van der Waals surface area contributed by atoms with Gasteiger partial charge in [-0.25, -0.2) is 14.4 Å². The molecule has 0 aliphatic heterocycles. The highest BCUT2D eigenvalue weighted by atomic mass is 127. The molecule has 7 rings (SSSR count). The van der Waals surface area contributed by atoms with Gasteiger partial charge in [0.1, 0.15) is 0 Å². The van der Waals surface area contributed by atoms with Crippen LogP contribution < -0.4 is 28.4 Å². The number of ether oxygens (including phenoxy) is 6. The third-order valence-electron chi connectivity index (χ3n) is 9.45. The lowest BCUT2D eigenvalue weighted by molar-refractivity contribution is 0.0720. The molecule has 288 valence electrons. The number of halogens is 3. The lowest BCUT2D eigenvalue weighted by atomic mass is 9.94. The van der Waals surface area contributed by atoms with Crippen molar-refractivity contribution in [3.63, 3.8) is 0 Å². The number of benzene rings is 6. The van der Waals surface area contributed by atoms with E-state index in [4.69, 9.17) is 28.4 Å². The summed E-state index contributed by atoms with van der Waals surface area (Å²) in [7, 11) is 4.58. The van der Waals surface area contributed by atoms with Crippen LogP contribution in [-0.4, -0.2) is 39.2 Å². The number of carbonyl (C=O) groups excluding carboxylic acids is 3. The van der Waals surface area contributed by atoms with E-state index < -0.39 is 17.9 Å². The van der Waals surface area contributed by atoms with E-state index in [-0.39, 0.29) is 17.2 Å². The molecule has 9 nitrogen and oxygen atoms in total. The van der Waals surface area contributed by atoms with Gasteiger partial charge in [0, 0.05) is 10.7 Å². The number of carbonyl (C=O) groups is 3. The van der Waals surface area contributed by atoms with Gasteiger partial charge >= 0.3 is 17.9 Å². The number of rotatable bonds is 9. The van der Waals surface area contributed by atoms with Crippen LogP contribution in [-0.2, 0) is 19.3 Å². The fraction of sp³-hybridized carbons (Fsp3) is 0.133. The molecule has 0 bridgehead atoms. The third-order valence-corrected chi connectivity index (χ3v) is 11.6. The standard InChI is InChI=1S/C45H33I3O9/c1-52-37-19-28-16-32-23-41(56-44(50)26-6-12-35(47)13-7-26)39(54-3)21-30(32)18-33-24-42(57-45(51)27-8-14-36(48)15-9-27)38(53-2)20-29(33)17-31(28)22-40(37)55-43(49)25-4-10-34(46)11-5-25/h4-15,19-24H,16-18H2,1-3H3. The van der Waals surface area contributed by atoms with E-state index in [9.17, 15) is 14.4 Å². The molecule has 0 unspecified atom stereocenters. The van der Waals surface area contributed by atoms with Gasteiger partial charge in [0.25, 0.3) is 0 Å². The van der Waals surface area contributed by atoms with Gasteiger partial charge in [0.15, 0.2) is 34.5 Å². The van der Waals surface area contributed by atoms with E-state index in [1.165, 1.54) is 21.3 Å². The van der Waals surface area contributed by atoms with Gasteiger partial charge in [-0.2, -0.15) is 0 Å². The molecular weight excluding hydrogens is 1070 g/mol. The molecule has 1 aliphatic carbocycles. The Bertz CT molecular complexity index is 2220. The summed E-state index contributed by atoms with van der Waals surface area (Å²) >= 11 is 6.55. The van der Waals surface area contributed by atoms with Crippen molar-refractivity contribution in [2.45, 2.75) is 19.3 Å². The minimum atomic E-state index is -0.522. The smallest absolute Gasteiger partial charge is 0.343 e. The molecule has 57 heavy (non-hydrogen) atoms. The van der Waals surface area contributed by atoms with E-state index in [1.54, 1.807) is 36.4 Å². The van der Waals surface area contributed by atoms with Crippen molar-refractivity contribution in [3.05, 3.63) is 170 Å². The highest BCUT2D eigenvalue weighted by Crippen LogP contribution is 2.41. The second kappa shape index (κ2) is 17.9. The summed E-state index contributed by atoms with van der Waals surface area (Å²) in [5.41, 5.74) is 6.45. The van der Waals surface area contributed by atoms with Crippen molar-refractivity contribution in [2.24, 2.45) is 0 Å². The van der Waals surface area contributed by atoms with Gasteiger partial charge in [-0.15, -0.1) is 0 Å². The molecule has 0 atom stereocenters. The van der Waals surface area contributed by atoms with E-state index in [0.29, 0.717) is 53.2 Å². The topological polar surface area (TPSA) is 107 Å². The molecule has 0 fully saturated rings. The first-order valence-electron chi connectivity index (χ1n) is 17.5. The molecule has 0 saturated carbocycles. The largest absolute Gasteiger partial charge is 0.493 e. The van der Waals surface area contributed by atoms with E-state index in [1.807, 2.05) is 72.8 Å². The molecule has 0 heterocycles. The molecule has 0 N–H and O–H groups in total. The maximum Gasteiger partial charge on any atom is 0.343 e. The lowest BCUT2D eigenvalue weighted by Crippen LogP contribution is -2.11. The van der Waals surface area contributed by atoms with Crippen LogP contribution in [0.5, 0.6) is 34.5 Å². The van der Waals surface area contributed by atoms with Gasteiger partial charge in [0.05, 0.1) is 38.0 Å².